The third-order valence-electron chi connectivity index (χ3n) is 7.16. The number of hydrogen-bond acceptors (Lipinski definition) is 7. The fourth-order valence-corrected chi connectivity index (χ4v) is 4.93. The number of piperazine rings is 1. The number of amides is 2. The molecule has 3 saturated heterocycles. The molecule has 3 aliphatic rings. The first-order valence-electron chi connectivity index (χ1n) is 12.3. The van der Waals surface area contributed by atoms with E-state index in [1.807, 2.05) is 23.3 Å². The molecule has 1 aromatic rings. The summed E-state index contributed by atoms with van der Waals surface area (Å²) in [5.41, 5.74) is 2.41. The second-order valence-electron chi connectivity index (χ2n) is 9.39. The van der Waals surface area contributed by atoms with E-state index in [-0.39, 0.29) is 24.5 Å². The zero-order valence-electron chi connectivity index (χ0n) is 20.3. The van der Waals surface area contributed by atoms with E-state index < -0.39 is 0 Å². The lowest BCUT2D eigenvalue weighted by atomic mass is 10.2. The van der Waals surface area contributed by atoms with Crippen LogP contribution in [0.5, 0.6) is 0 Å². The van der Waals surface area contributed by atoms with E-state index >= 15 is 0 Å². The molecule has 1 unspecified atom stereocenters. The monoisotopic (exact) mass is 472 g/mol. The lowest BCUT2D eigenvalue weighted by Gasteiger charge is -2.35. The van der Waals surface area contributed by atoms with E-state index in [0.717, 1.165) is 56.9 Å². The van der Waals surface area contributed by atoms with Crippen molar-refractivity contribution in [1.82, 2.24) is 19.3 Å². The Morgan fingerprint density at radius 1 is 1.03 bits per heavy atom. The van der Waals surface area contributed by atoms with Gasteiger partial charge in [0.15, 0.2) is 0 Å². The van der Waals surface area contributed by atoms with Gasteiger partial charge in [-0.25, -0.2) is 0 Å². The fourth-order valence-electron chi connectivity index (χ4n) is 4.93. The van der Waals surface area contributed by atoms with Crippen molar-refractivity contribution in [2.45, 2.75) is 39.3 Å². The molecule has 10 nitrogen and oxygen atoms in total. The Bertz CT molecular complexity index is 919. The van der Waals surface area contributed by atoms with Crippen LogP contribution in [0.2, 0.25) is 0 Å². The molecule has 0 saturated carbocycles. The van der Waals surface area contributed by atoms with Crippen LogP contribution in [0.3, 0.4) is 0 Å². The van der Waals surface area contributed by atoms with Crippen LogP contribution >= 0.6 is 0 Å². The molecule has 10 heteroatoms. The molecule has 2 amide bonds. The smallest absolute Gasteiger partial charge is 0.239 e. The zero-order valence-corrected chi connectivity index (χ0v) is 20.3. The summed E-state index contributed by atoms with van der Waals surface area (Å²) in [6, 6.07) is 2.27. The van der Waals surface area contributed by atoms with Gasteiger partial charge in [-0.15, -0.1) is 0 Å². The Hall–Kier alpha value is -2.45. The number of anilines is 1. The lowest BCUT2D eigenvalue weighted by molar-refractivity contribution is -0.137. The van der Waals surface area contributed by atoms with Crippen LogP contribution in [-0.4, -0.2) is 109 Å². The second kappa shape index (κ2) is 11.3. The van der Waals surface area contributed by atoms with Gasteiger partial charge in [-0.3, -0.25) is 19.4 Å². The molecule has 0 aromatic carbocycles. The molecular formula is C24H36N6O4. The van der Waals surface area contributed by atoms with E-state index in [2.05, 4.69) is 21.2 Å². The van der Waals surface area contributed by atoms with E-state index in [1.54, 1.807) is 0 Å². The van der Waals surface area contributed by atoms with Gasteiger partial charge in [0.1, 0.15) is 11.9 Å². The topological polar surface area (TPSA) is 103 Å². The van der Waals surface area contributed by atoms with E-state index in [0.29, 0.717) is 50.8 Å². The molecule has 1 aromatic heterocycles. The Morgan fingerprint density at radius 2 is 1.71 bits per heavy atom. The van der Waals surface area contributed by atoms with Crippen molar-refractivity contribution in [2.24, 2.45) is 0 Å². The first-order valence-corrected chi connectivity index (χ1v) is 12.3. The number of nitrogens with zero attached hydrogens (tertiary/aromatic N) is 5. The number of rotatable bonds is 7. The molecule has 3 fully saturated rings. The Morgan fingerprint density at radius 3 is 2.32 bits per heavy atom. The summed E-state index contributed by atoms with van der Waals surface area (Å²) in [7, 11) is 0. The van der Waals surface area contributed by atoms with Crippen molar-refractivity contribution < 1.29 is 19.1 Å². The molecule has 34 heavy (non-hydrogen) atoms. The van der Waals surface area contributed by atoms with Crippen molar-refractivity contribution in [3.63, 3.8) is 0 Å². The number of carbonyl (C=O) groups excluding carboxylic acids is 2. The summed E-state index contributed by atoms with van der Waals surface area (Å²) >= 11 is 0. The normalized spacial score (nSPS) is 22.0. The van der Waals surface area contributed by atoms with Gasteiger partial charge in [0.05, 0.1) is 44.5 Å². The van der Waals surface area contributed by atoms with Gasteiger partial charge < -0.3 is 24.3 Å². The van der Waals surface area contributed by atoms with Crippen LogP contribution in [-0.2, 0) is 25.6 Å². The van der Waals surface area contributed by atoms with Crippen molar-refractivity contribution in [2.75, 3.05) is 77.5 Å². The summed E-state index contributed by atoms with van der Waals surface area (Å²) in [6.45, 7) is 11.5. The third kappa shape index (κ3) is 5.78. The molecule has 0 aliphatic carbocycles. The Kier molecular flexibility index (Phi) is 8.21. The van der Waals surface area contributed by atoms with E-state index in [9.17, 15) is 14.9 Å². The average Bonchev–Trinajstić information content (AvgIpc) is 3.43. The number of ether oxygens (including phenoxy) is 2. The highest BCUT2D eigenvalue weighted by molar-refractivity contribution is 5.93. The molecule has 0 bridgehead atoms. The van der Waals surface area contributed by atoms with Crippen LogP contribution in [0, 0.1) is 25.2 Å². The number of morpholine rings is 1. The second-order valence-corrected chi connectivity index (χ2v) is 9.39. The third-order valence-corrected chi connectivity index (χ3v) is 7.16. The number of aromatic nitrogens is 1. The summed E-state index contributed by atoms with van der Waals surface area (Å²) in [4.78, 5) is 31.5. The molecular weight excluding hydrogens is 436 g/mol. The van der Waals surface area contributed by atoms with E-state index in [4.69, 9.17) is 9.47 Å². The predicted octanol–water partition coefficient (Wildman–Crippen LogP) is 0.571. The predicted molar refractivity (Wildman–Crippen MR) is 127 cm³/mol. The quantitative estimate of drug-likeness (QED) is 0.619. The van der Waals surface area contributed by atoms with Crippen LogP contribution in [0.4, 0.5) is 5.82 Å². The van der Waals surface area contributed by atoms with E-state index in [1.165, 1.54) is 0 Å². The Balaban J connectivity index is 1.30. The maximum atomic E-state index is 12.9. The van der Waals surface area contributed by atoms with Crippen LogP contribution in [0.25, 0.3) is 0 Å². The fraction of sp³-hybridized carbons (Fsp3) is 0.708. The van der Waals surface area contributed by atoms with Crippen LogP contribution < -0.4 is 5.32 Å². The van der Waals surface area contributed by atoms with Crippen LogP contribution in [0.15, 0.2) is 0 Å². The van der Waals surface area contributed by atoms with Crippen molar-refractivity contribution in [3.05, 3.63) is 16.8 Å². The number of nitrogens with one attached hydrogen (secondary N) is 1. The van der Waals surface area contributed by atoms with Gasteiger partial charge in [-0.1, -0.05) is 0 Å². The minimum Gasteiger partial charge on any atom is -0.378 e. The van der Waals surface area contributed by atoms with Gasteiger partial charge in [-0.2, -0.15) is 5.26 Å². The SMILES string of the molecule is Cc1c(C#N)c(NC(=O)CN2CCN(CC(=O)N3CCOCC3)CC2)n(CC2CCCO2)c1C. The molecule has 186 valence electrons. The maximum Gasteiger partial charge on any atom is 0.239 e. The molecule has 0 spiro atoms. The highest BCUT2D eigenvalue weighted by Gasteiger charge is 2.26. The van der Waals surface area contributed by atoms with Crippen LogP contribution in [0.1, 0.15) is 29.7 Å². The number of nitriles is 1. The lowest BCUT2D eigenvalue weighted by Crippen LogP contribution is -2.52. The molecule has 1 atom stereocenters. The molecule has 1 N–H and O–H groups in total. The van der Waals surface area contributed by atoms with Crippen molar-refractivity contribution >= 4 is 17.6 Å². The van der Waals surface area contributed by atoms with Crippen molar-refractivity contribution in [3.8, 4) is 6.07 Å². The van der Waals surface area contributed by atoms with Crippen molar-refractivity contribution in [1.29, 1.82) is 5.26 Å². The molecule has 4 heterocycles. The highest BCUT2D eigenvalue weighted by Crippen LogP contribution is 2.28. The highest BCUT2D eigenvalue weighted by atomic mass is 16.5. The largest absolute Gasteiger partial charge is 0.378 e. The number of hydrogen-bond donors (Lipinski definition) is 1. The minimum atomic E-state index is -0.125. The number of carbonyl (C=O) groups is 2. The minimum absolute atomic E-state index is 0.112. The zero-order chi connectivity index (χ0) is 24.1. The molecule has 3 aliphatic heterocycles. The Labute approximate surface area is 201 Å². The molecule has 4 rings (SSSR count). The molecule has 0 radical (unpaired) electrons. The first-order chi connectivity index (χ1) is 16.5. The van der Waals surface area contributed by atoms with Gasteiger partial charge in [0.25, 0.3) is 0 Å². The van der Waals surface area contributed by atoms with Gasteiger partial charge >= 0.3 is 0 Å². The maximum absolute atomic E-state index is 12.9. The van der Waals surface area contributed by atoms with Gasteiger partial charge in [-0.05, 0) is 32.3 Å². The van der Waals surface area contributed by atoms with Gasteiger partial charge in [0.2, 0.25) is 11.8 Å². The summed E-state index contributed by atoms with van der Waals surface area (Å²) in [5, 5.41) is 12.7. The summed E-state index contributed by atoms with van der Waals surface area (Å²) in [6.07, 6.45) is 2.14. The standard InChI is InChI=1S/C24H36N6O4/c1-18-19(2)30(15-20-4-3-11-34-20)24(21(18)14-25)26-22(31)16-27-5-7-28(8-6-27)17-23(32)29-9-12-33-13-10-29/h20H,3-13,15-17H2,1-2H3,(H,26,31). The average molecular weight is 473 g/mol. The van der Waals surface area contributed by atoms with Gasteiger partial charge in [0, 0.05) is 51.6 Å². The first kappa shape index (κ1) is 24.7. The summed E-state index contributed by atoms with van der Waals surface area (Å²) < 4.78 is 13.1. The summed E-state index contributed by atoms with van der Waals surface area (Å²) in [5.74, 6) is 0.601.